The molecule has 1 aliphatic heterocycles. The number of aromatic nitrogens is 2. The quantitative estimate of drug-likeness (QED) is 0.676. The van der Waals surface area contributed by atoms with Gasteiger partial charge in [0.15, 0.2) is 6.10 Å². The summed E-state index contributed by atoms with van der Waals surface area (Å²) < 4.78 is 10.9. The second kappa shape index (κ2) is 8.05. The molecule has 2 heterocycles. The van der Waals surface area contributed by atoms with Crippen molar-refractivity contribution >= 4 is 29.0 Å². The number of benzene rings is 1. The van der Waals surface area contributed by atoms with Crippen LogP contribution in [0.4, 0.5) is 4.79 Å². The van der Waals surface area contributed by atoms with Gasteiger partial charge in [-0.3, -0.25) is 4.48 Å². The van der Waals surface area contributed by atoms with E-state index in [2.05, 4.69) is 16.5 Å². The van der Waals surface area contributed by atoms with Gasteiger partial charge in [-0.2, -0.15) is 9.97 Å². The summed E-state index contributed by atoms with van der Waals surface area (Å²) in [6.45, 7) is 12.3. The number of carbonyl (C=O) groups is 2. The van der Waals surface area contributed by atoms with Crippen molar-refractivity contribution < 1.29 is 33.8 Å². The monoisotopic (exact) mass is 443 g/mol. The molecule has 0 saturated carbocycles. The van der Waals surface area contributed by atoms with Crippen LogP contribution in [0.15, 0.2) is 24.8 Å². The number of carboxylic acids is 1. The zero-order chi connectivity index (χ0) is 23.9. The molecule has 0 spiro atoms. The molecule has 0 aliphatic carbocycles. The second-order valence-corrected chi connectivity index (χ2v) is 9.18. The lowest BCUT2D eigenvalue weighted by Crippen LogP contribution is -2.76. The summed E-state index contributed by atoms with van der Waals surface area (Å²) in [6, 6.07) is 5.56. The van der Waals surface area contributed by atoms with Gasteiger partial charge in [0.25, 0.3) is 6.09 Å². The molecule has 1 aliphatic rings. The van der Waals surface area contributed by atoms with Gasteiger partial charge in [0.1, 0.15) is 6.54 Å². The number of nitrogens with zero attached hydrogens (tertiary/aromatic N) is 3. The van der Waals surface area contributed by atoms with Crippen LogP contribution in [-0.4, -0.2) is 62.0 Å². The van der Waals surface area contributed by atoms with E-state index in [9.17, 15) is 19.8 Å². The fourth-order valence-corrected chi connectivity index (χ4v) is 4.73. The third kappa shape index (κ3) is 3.56. The molecule has 3 rings (SSSR count). The minimum atomic E-state index is -1.65. The van der Waals surface area contributed by atoms with Crippen LogP contribution in [0.3, 0.4) is 0 Å². The number of carboxylic acid groups (broad SMARTS) is 2. The zero-order valence-electron chi connectivity index (χ0n) is 19.0. The molecule has 1 fully saturated rings. The first kappa shape index (κ1) is 23.5. The lowest BCUT2D eigenvalue weighted by atomic mass is 9.90. The summed E-state index contributed by atoms with van der Waals surface area (Å²) in [4.78, 5) is 33.5. The number of quaternary nitrogens is 1. The van der Waals surface area contributed by atoms with Crippen molar-refractivity contribution in [2.75, 3.05) is 13.2 Å². The van der Waals surface area contributed by atoms with Crippen molar-refractivity contribution in [1.82, 2.24) is 9.97 Å². The molecule has 1 N–H and O–H groups in total. The smallest absolute Gasteiger partial charge is 0.366 e. The first-order valence-electron chi connectivity index (χ1n) is 10.5. The predicted octanol–water partition coefficient (Wildman–Crippen LogP) is 2.62. The Balaban J connectivity index is 2.11. The zero-order valence-corrected chi connectivity index (χ0v) is 19.0. The van der Waals surface area contributed by atoms with Gasteiger partial charge < -0.3 is 24.5 Å². The third-order valence-corrected chi connectivity index (χ3v) is 6.31. The molecule has 1 aromatic heterocycles. The number of amides is 1. The second-order valence-electron chi connectivity index (χ2n) is 9.18. The lowest BCUT2D eigenvalue weighted by Gasteiger charge is -2.52. The molecule has 9 nitrogen and oxygen atoms in total. The van der Waals surface area contributed by atoms with Crippen molar-refractivity contribution in [3.63, 3.8) is 0 Å². The molecule has 1 amide bonds. The van der Waals surface area contributed by atoms with Gasteiger partial charge in [0.2, 0.25) is 11.4 Å². The lowest BCUT2D eigenvalue weighted by molar-refractivity contribution is -0.944. The van der Waals surface area contributed by atoms with Crippen LogP contribution >= 0.6 is 0 Å². The summed E-state index contributed by atoms with van der Waals surface area (Å²) in [7, 11) is 0. The summed E-state index contributed by atoms with van der Waals surface area (Å²) in [5, 5.41) is 23.0. The standard InChI is InChI=1S/C23H29N3O6/c1-7-14-9-10-17-16(11-14)18(25-20(24-17)31-8-2)32-15-12-23(6,19(27)28)26(13-15,21(29)30)22(3,4)5/h7,9-11,15H,1,8,12-13H2,2-6H3,(H-,27,28,29,30)/t15-,23+,26?/m1/s1. The first-order chi connectivity index (χ1) is 14.9. The van der Waals surface area contributed by atoms with E-state index in [1.807, 2.05) is 12.1 Å². The Hall–Kier alpha value is -3.20. The molecular weight excluding hydrogens is 414 g/mol. The van der Waals surface area contributed by atoms with E-state index in [0.717, 1.165) is 5.56 Å². The Labute approximate surface area is 186 Å². The molecule has 2 aromatic rings. The largest absolute Gasteiger partial charge is 0.498 e. The third-order valence-electron chi connectivity index (χ3n) is 6.31. The number of hydrogen-bond acceptors (Lipinski definition) is 7. The maximum absolute atomic E-state index is 12.4. The highest BCUT2D eigenvalue weighted by Gasteiger charge is 2.67. The number of likely N-dealkylation sites (tertiary alicyclic amines) is 1. The van der Waals surface area contributed by atoms with Gasteiger partial charge in [0, 0.05) is 6.92 Å². The Kier molecular flexibility index (Phi) is 5.90. The first-order valence-corrected chi connectivity index (χ1v) is 10.5. The normalized spacial score (nSPS) is 25.5. The van der Waals surface area contributed by atoms with Gasteiger partial charge in [-0.25, -0.2) is 4.79 Å². The minimum Gasteiger partial charge on any atom is -0.498 e. The van der Waals surface area contributed by atoms with Crippen LogP contribution in [0.5, 0.6) is 11.9 Å². The average Bonchev–Trinajstić information content (AvgIpc) is 3.02. The van der Waals surface area contributed by atoms with Crippen molar-refractivity contribution in [1.29, 1.82) is 0 Å². The highest BCUT2D eigenvalue weighted by Crippen LogP contribution is 2.45. The molecule has 1 saturated heterocycles. The molecular formula is C23H29N3O6. The van der Waals surface area contributed by atoms with E-state index >= 15 is 0 Å². The molecule has 32 heavy (non-hydrogen) atoms. The summed E-state index contributed by atoms with van der Waals surface area (Å²) in [5.41, 5.74) is -1.20. The average molecular weight is 444 g/mol. The van der Waals surface area contributed by atoms with Crippen LogP contribution in [-0.2, 0) is 4.79 Å². The van der Waals surface area contributed by atoms with E-state index in [-0.39, 0.29) is 24.9 Å². The van der Waals surface area contributed by atoms with Crippen LogP contribution in [0, 0.1) is 0 Å². The van der Waals surface area contributed by atoms with E-state index in [0.29, 0.717) is 17.5 Å². The topological polar surface area (TPSA) is 122 Å². The number of fused-ring (bicyclic) bond motifs is 1. The Bertz CT molecular complexity index is 1080. The molecule has 3 atom stereocenters. The fourth-order valence-electron chi connectivity index (χ4n) is 4.73. The van der Waals surface area contributed by atoms with Gasteiger partial charge in [-0.1, -0.05) is 18.7 Å². The van der Waals surface area contributed by atoms with Crippen molar-refractivity contribution in [2.24, 2.45) is 0 Å². The fraction of sp³-hybridized carbons (Fsp3) is 0.478. The van der Waals surface area contributed by atoms with E-state index in [1.165, 1.54) is 6.92 Å². The summed E-state index contributed by atoms with van der Waals surface area (Å²) in [6.07, 6.45) is -0.559. The SMILES string of the molecule is C=Cc1ccc2nc(OCC)nc(O[C@@H]3C[C@@](C)(C(=O)O)[N+](C(=O)[O-])(C(C)(C)C)C3)c2c1. The van der Waals surface area contributed by atoms with Crippen LogP contribution in [0.25, 0.3) is 17.0 Å². The number of ether oxygens (including phenoxy) is 2. The van der Waals surface area contributed by atoms with Crippen LogP contribution in [0.2, 0.25) is 0 Å². The Morgan fingerprint density at radius 2 is 2.06 bits per heavy atom. The number of hydrogen-bond donors (Lipinski definition) is 1. The van der Waals surface area contributed by atoms with Crippen molar-refractivity contribution in [3.8, 4) is 11.9 Å². The highest BCUT2D eigenvalue weighted by atomic mass is 16.5. The van der Waals surface area contributed by atoms with E-state index in [4.69, 9.17) is 9.47 Å². The minimum absolute atomic E-state index is 0.0375. The molecule has 0 radical (unpaired) electrons. The van der Waals surface area contributed by atoms with Crippen LogP contribution < -0.4 is 14.6 Å². The van der Waals surface area contributed by atoms with Gasteiger partial charge in [0.05, 0.1) is 29.5 Å². The predicted molar refractivity (Wildman–Crippen MR) is 116 cm³/mol. The van der Waals surface area contributed by atoms with Crippen LogP contribution in [0.1, 0.15) is 46.6 Å². The number of rotatable bonds is 6. The van der Waals surface area contributed by atoms with Gasteiger partial charge >= 0.3 is 12.0 Å². The summed E-state index contributed by atoms with van der Waals surface area (Å²) in [5.74, 6) is -1.02. The molecule has 1 unspecified atom stereocenters. The summed E-state index contributed by atoms with van der Waals surface area (Å²) >= 11 is 0. The van der Waals surface area contributed by atoms with Gasteiger partial charge in [-0.05, 0) is 45.4 Å². The number of carbonyl (C=O) groups excluding carboxylic acids is 1. The maximum Gasteiger partial charge on any atom is 0.366 e. The van der Waals surface area contributed by atoms with E-state index in [1.54, 1.807) is 39.8 Å². The Morgan fingerprint density at radius 1 is 1.38 bits per heavy atom. The van der Waals surface area contributed by atoms with E-state index < -0.39 is 33.7 Å². The molecule has 9 heteroatoms. The highest BCUT2D eigenvalue weighted by molar-refractivity contribution is 5.86. The van der Waals surface area contributed by atoms with Crippen molar-refractivity contribution in [2.45, 2.75) is 58.2 Å². The molecule has 1 aromatic carbocycles. The Morgan fingerprint density at radius 3 is 2.56 bits per heavy atom. The number of aliphatic carboxylic acids is 1. The maximum atomic E-state index is 12.4. The molecule has 0 bridgehead atoms. The van der Waals surface area contributed by atoms with Crippen molar-refractivity contribution in [3.05, 3.63) is 30.3 Å². The molecule has 172 valence electrons. The van der Waals surface area contributed by atoms with Gasteiger partial charge in [-0.15, -0.1) is 0 Å².